The van der Waals surface area contributed by atoms with E-state index in [1.165, 1.54) is 6.42 Å². The number of hydrogen-bond acceptors (Lipinski definition) is 2. The van der Waals surface area contributed by atoms with Gasteiger partial charge in [0, 0.05) is 5.72 Å². The third-order valence-electron chi connectivity index (χ3n) is 6.42. The normalized spacial score (nSPS) is 23.2. The summed E-state index contributed by atoms with van der Waals surface area (Å²) in [5, 5.41) is 0. The Labute approximate surface area is 176 Å². The second-order valence-electron chi connectivity index (χ2n) is 9.14. The van der Waals surface area contributed by atoms with Gasteiger partial charge in [0.05, 0.1) is 14.1 Å². The van der Waals surface area contributed by atoms with Crippen LogP contribution in [0.5, 0.6) is 0 Å². The molecule has 1 aromatic heterocycles. The quantitative estimate of drug-likeness (QED) is 0.411. The highest BCUT2D eigenvalue weighted by atomic mass is 16.5. The molecule has 0 bridgehead atoms. The summed E-state index contributed by atoms with van der Waals surface area (Å²) >= 11 is 0. The van der Waals surface area contributed by atoms with Gasteiger partial charge in [0.15, 0.2) is 0 Å². The molecule has 0 unspecified atom stereocenters. The predicted molar refractivity (Wildman–Crippen MR) is 117 cm³/mol. The zero-order valence-corrected chi connectivity index (χ0v) is 18.5. The fraction of sp³-hybridized carbons (Fsp3) is 0.583. The molecule has 3 rings (SSSR count). The standard InChI is InChI=1S/C24H35BN2O2/c1-17(2)20-12-11-18(3)15-22(20)29-23(28)21(16-19-9-7-6-8-10-19)25-24-26(4)13-14-27(24)5/h6-10,13-14,17-18,20-22H,11-12,15-16H2,1-5H3/t18-,20+,21+,22-/m1/s1. The lowest BCUT2D eigenvalue weighted by Gasteiger charge is -2.38. The van der Waals surface area contributed by atoms with E-state index in [2.05, 4.69) is 40.2 Å². The number of esters is 1. The van der Waals surface area contributed by atoms with E-state index in [1.54, 1.807) is 0 Å². The zero-order valence-electron chi connectivity index (χ0n) is 18.5. The maximum Gasteiger partial charge on any atom is 0.268 e. The van der Waals surface area contributed by atoms with Gasteiger partial charge in [0.1, 0.15) is 18.5 Å². The molecule has 2 radical (unpaired) electrons. The van der Waals surface area contributed by atoms with Crippen LogP contribution in [0.25, 0.3) is 0 Å². The molecular formula is C24H35BN2O2. The second-order valence-corrected chi connectivity index (χ2v) is 9.14. The molecule has 4 atom stereocenters. The number of hydrogen-bond donors (Lipinski definition) is 0. The van der Waals surface area contributed by atoms with Crippen molar-refractivity contribution < 1.29 is 14.1 Å². The Balaban J connectivity index is 1.79. The van der Waals surface area contributed by atoms with Crippen LogP contribution in [0.4, 0.5) is 0 Å². The first-order valence-electron chi connectivity index (χ1n) is 11.0. The first-order chi connectivity index (χ1) is 13.8. The molecule has 4 nitrogen and oxygen atoms in total. The number of ether oxygens (including phenoxy) is 1. The molecule has 1 aliphatic rings. The van der Waals surface area contributed by atoms with Crippen molar-refractivity contribution in [3.63, 3.8) is 0 Å². The number of aryl methyl sites for hydroxylation is 2. The van der Waals surface area contributed by atoms with E-state index in [4.69, 9.17) is 4.74 Å². The van der Waals surface area contributed by atoms with Crippen molar-refractivity contribution >= 4 is 19.0 Å². The Kier molecular flexibility index (Phi) is 7.21. The third-order valence-corrected chi connectivity index (χ3v) is 6.42. The molecule has 0 aliphatic heterocycles. The van der Waals surface area contributed by atoms with Crippen molar-refractivity contribution in [3.8, 4) is 0 Å². The van der Waals surface area contributed by atoms with Crippen molar-refractivity contribution in [2.45, 2.75) is 58.4 Å². The summed E-state index contributed by atoms with van der Waals surface area (Å²) in [6, 6.07) is 10.2. The predicted octanol–water partition coefficient (Wildman–Crippen LogP) is 3.21. The molecule has 1 fully saturated rings. The molecule has 156 valence electrons. The molecule has 1 heterocycles. The number of benzene rings is 1. The maximum atomic E-state index is 13.4. The van der Waals surface area contributed by atoms with E-state index in [0.717, 1.165) is 24.1 Å². The Morgan fingerprint density at radius 1 is 1.28 bits per heavy atom. The van der Waals surface area contributed by atoms with Gasteiger partial charge < -0.3 is 4.74 Å². The highest BCUT2D eigenvalue weighted by Gasteiger charge is 2.33. The molecular weight excluding hydrogens is 359 g/mol. The Bertz CT molecular complexity index is 783. The van der Waals surface area contributed by atoms with Gasteiger partial charge in [-0.25, -0.2) is 0 Å². The number of carbonyl (C=O) groups excluding carboxylic acids is 1. The monoisotopic (exact) mass is 394 g/mol. The van der Waals surface area contributed by atoms with Gasteiger partial charge in [-0.1, -0.05) is 69.5 Å². The summed E-state index contributed by atoms with van der Waals surface area (Å²) in [5.41, 5.74) is 2.17. The molecule has 29 heavy (non-hydrogen) atoms. The average Bonchev–Trinajstić information content (AvgIpc) is 3.00. The fourth-order valence-electron chi connectivity index (χ4n) is 4.58. The van der Waals surface area contributed by atoms with Crippen LogP contribution in [0, 0.1) is 17.8 Å². The molecule has 1 saturated carbocycles. The van der Waals surface area contributed by atoms with E-state index in [-0.39, 0.29) is 17.9 Å². The topological polar surface area (TPSA) is 35.1 Å². The summed E-state index contributed by atoms with van der Waals surface area (Å²) in [6.45, 7) is 6.77. The van der Waals surface area contributed by atoms with Crippen LogP contribution >= 0.6 is 0 Å². The lowest BCUT2D eigenvalue weighted by molar-refractivity contribution is -0.653. The van der Waals surface area contributed by atoms with Gasteiger partial charge in [-0.05, 0) is 30.6 Å². The number of carbonyl (C=O) groups is 1. The van der Waals surface area contributed by atoms with E-state index >= 15 is 0 Å². The first kappa shape index (κ1) is 21.7. The van der Waals surface area contributed by atoms with Crippen LogP contribution in [-0.4, -0.2) is 23.9 Å². The molecule has 0 N–H and O–H groups in total. The summed E-state index contributed by atoms with van der Waals surface area (Å²) in [6.07, 6.45) is 8.05. The second kappa shape index (κ2) is 9.64. The van der Waals surface area contributed by atoms with Crippen LogP contribution in [-0.2, 0) is 30.0 Å². The SMILES string of the molecule is CC(C)[C@@H]1CC[C@@H](C)C[C@H]1OC(=O)[C@@H]([B-]c1n(C)cc[n+]1C)Cc1ccccc1. The van der Waals surface area contributed by atoms with E-state index in [0.29, 0.717) is 24.2 Å². The number of nitrogens with zero attached hydrogens (tertiary/aromatic N) is 2. The average molecular weight is 394 g/mol. The Morgan fingerprint density at radius 3 is 2.62 bits per heavy atom. The summed E-state index contributed by atoms with van der Waals surface area (Å²) in [7, 11) is 6.08. The molecule has 0 saturated heterocycles. The minimum Gasteiger partial charge on any atom is -0.464 e. The van der Waals surface area contributed by atoms with Gasteiger partial charge in [0.2, 0.25) is 0 Å². The molecule has 0 spiro atoms. The number of rotatable bonds is 7. The lowest BCUT2D eigenvalue weighted by atomic mass is 9.61. The van der Waals surface area contributed by atoms with Gasteiger partial charge in [-0.3, -0.25) is 13.9 Å². The van der Waals surface area contributed by atoms with Gasteiger partial charge in [-0.15, -0.1) is 5.82 Å². The van der Waals surface area contributed by atoms with Gasteiger partial charge >= 0.3 is 0 Å². The van der Waals surface area contributed by atoms with Crippen LogP contribution in [0.15, 0.2) is 42.7 Å². The van der Waals surface area contributed by atoms with Crippen molar-refractivity contribution in [3.05, 3.63) is 48.3 Å². The van der Waals surface area contributed by atoms with Gasteiger partial charge in [0.25, 0.3) is 5.97 Å². The zero-order chi connectivity index (χ0) is 21.0. The molecule has 1 aromatic carbocycles. The summed E-state index contributed by atoms with van der Waals surface area (Å²) in [4.78, 5) is 13.4. The molecule has 1 aliphatic carbocycles. The summed E-state index contributed by atoms with van der Waals surface area (Å²) in [5.74, 6) is 1.20. The minimum absolute atomic E-state index is 0.0279. The minimum atomic E-state index is -0.303. The van der Waals surface area contributed by atoms with Crippen LogP contribution < -0.4 is 10.3 Å². The Hall–Kier alpha value is -2.04. The molecule has 0 amide bonds. The van der Waals surface area contributed by atoms with E-state index < -0.39 is 0 Å². The Morgan fingerprint density at radius 2 is 2.00 bits per heavy atom. The lowest BCUT2D eigenvalue weighted by Crippen LogP contribution is -2.52. The largest absolute Gasteiger partial charge is 0.464 e. The highest BCUT2D eigenvalue weighted by molar-refractivity contribution is 6.56. The fourth-order valence-corrected chi connectivity index (χ4v) is 4.58. The number of aromatic nitrogens is 2. The van der Waals surface area contributed by atoms with Crippen molar-refractivity contribution in [2.24, 2.45) is 31.8 Å². The molecule has 2 aromatic rings. The summed E-state index contributed by atoms with van der Waals surface area (Å²) < 4.78 is 10.3. The van der Waals surface area contributed by atoms with Crippen molar-refractivity contribution in [1.29, 1.82) is 0 Å². The maximum absolute atomic E-state index is 13.4. The van der Waals surface area contributed by atoms with E-state index in [9.17, 15) is 4.79 Å². The van der Waals surface area contributed by atoms with Gasteiger partial charge in [-0.2, -0.15) is 7.28 Å². The molecule has 5 heteroatoms. The van der Waals surface area contributed by atoms with Crippen LogP contribution in [0.3, 0.4) is 0 Å². The third kappa shape index (κ3) is 5.52. The number of imidazole rings is 1. The van der Waals surface area contributed by atoms with Crippen LogP contribution in [0.1, 0.15) is 45.6 Å². The van der Waals surface area contributed by atoms with Crippen molar-refractivity contribution in [2.75, 3.05) is 0 Å². The first-order valence-corrected chi connectivity index (χ1v) is 11.0. The van der Waals surface area contributed by atoms with E-state index in [1.807, 2.05) is 53.8 Å². The smallest absolute Gasteiger partial charge is 0.268 e. The van der Waals surface area contributed by atoms with Crippen molar-refractivity contribution in [1.82, 2.24) is 4.57 Å². The van der Waals surface area contributed by atoms with Crippen LogP contribution in [0.2, 0.25) is 5.82 Å². The highest BCUT2D eigenvalue weighted by Crippen LogP contribution is 2.36.